The zero-order valence-electron chi connectivity index (χ0n) is 11.6. The Morgan fingerprint density at radius 2 is 2.00 bits per heavy atom. The third kappa shape index (κ3) is 3.87. The van der Waals surface area contributed by atoms with E-state index in [1.54, 1.807) is 18.0 Å². The molecule has 0 aliphatic heterocycles. The van der Waals surface area contributed by atoms with Crippen LogP contribution >= 0.6 is 12.4 Å². The predicted molar refractivity (Wildman–Crippen MR) is 80.5 cm³/mol. The van der Waals surface area contributed by atoms with Crippen LogP contribution in [0, 0.1) is 6.92 Å². The Morgan fingerprint density at radius 1 is 1.30 bits per heavy atom. The van der Waals surface area contributed by atoms with Crippen molar-refractivity contribution in [2.24, 2.45) is 0 Å². The number of alkyl halides is 1. The highest BCUT2D eigenvalue weighted by molar-refractivity contribution is 5.85. The number of methoxy groups -OCH3 is 1. The van der Waals surface area contributed by atoms with Crippen LogP contribution in [0.4, 0.5) is 10.1 Å². The second kappa shape index (κ2) is 7.75. The molecule has 1 heterocycles. The van der Waals surface area contributed by atoms with Gasteiger partial charge in [0, 0.05) is 6.54 Å². The van der Waals surface area contributed by atoms with E-state index >= 15 is 0 Å². The van der Waals surface area contributed by atoms with Crippen LogP contribution in [0.15, 0.2) is 30.5 Å². The molecule has 110 valence electrons. The molecule has 0 bridgehead atoms. The normalized spacial score (nSPS) is 9.95. The van der Waals surface area contributed by atoms with Crippen molar-refractivity contribution in [1.29, 1.82) is 0 Å². The number of aryl methyl sites for hydroxylation is 1. The van der Waals surface area contributed by atoms with E-state index in [4.69, 9.17) is 4.74 Å². The van der Waals surface area contributed by atoms with E-state index in [0.29, 0.717) is 13.1 Å². The van der Waals surface area contributed by atoms with Gasteiger partial charge in [-0.25, -0.2) is 4.39 Å². The number of ether oxygens (including phenoxy) is 1. The van der Waals surface area contributed by atoms with Crippen LogP contribution in [-0.2, 0) is 13.1 Å². The minimum atomic E-state index is -0.402. The van der Waals surface area contributed by atoms with Crippen LogP contribution in [0.1, 0.15) is 11.3 Å². The van der Waals surface area contributed by atoms with Gasteiger partial charge < -0.3 is 10.1 Å². The van der Waals surface area contributed by atoms with Crippen LogP contribution in [0.25, 0.3) is 0 Å². The molecule has 2 rings (SSSR count). The summed E-state index contributed by atoms with van der Waals surface area (Å²) < 4.78 is 19.1. The first-order valence-corrected chi connectivity index (χ1v) is 6.19. The number of hydrogen-bond acceptors (Lipinski definition) is 3. The van der Waals surface area contributed by atoms with Crippen LogP contribution in [0.5, 0.6) is 5.75 Å². The van der Waals surface area contributed by atoms with E-state index in [1.807, 2.05) is 31.2 Å². The lowest BCUT2D eigenvalue weighted by Crippen LogP contribution is -2.05. The Kier molecular flexibility index (Phi) is 6.31. The molecule has 0 amide bonds. The Balaban J connectivity index is 0.00000200. The van der Waals surface area contributed by atoms with E-state index in [9.17, 15) is 4.39 Å². The highest BCUT2D eigenvalue weighted by atomic mass is 35.5. The van der Waals surface area contributed by atoms with Crippen LogP contribution in [0.2, 0.25) is 0 Å². The maximum absolute atomic E-state index is 12.3. The molecule has 0 aliphatic carbocycles. The number of nitrogens with one attached hydrogen (secondary N) is 1. The third-order valence-corrected chi connectivity index (χ3v) is 3.04. The highest BCUT2D eigenvalue weighted by Crippen LogP contribution is 2.16. The molecule has 0 aliphatic rings. The van der Waals surface area contributed by atoms with Gasteiger partial charge in [0.25, 0.3) is 0 Å². The van der Waals surface area contributed by atoms with E-state index in [-0.39, 0.29) is 12.4 Å². The molecule has 0 spiro atoms. The zero-order valence-corrected chi connectivity index (χ0v) is 12.4. The van der Waals surface area contributed by atoms with Crippen molar-refractivity contribution in [3.63, 3.8) is 0 Å². The van der Waals surface area contributed by atoms with Crippen molar-refractivity contribution in [2.75, 3.05) is 19.1 Å². The van der Waals surface area contributed by atoms with Gasteiger partial charge in [0.1, 0.15) is 12.4 Å². The van der Waals surface area contributed by atoms with Crippen LogP contribution in [-0.4, -0.2) is 23.6 Å². The molecule has 2 aromatic rings. The van der Waals surface area contributed by atoms with Gasteiger partial charge >= 0.3 is 0 Å². The standard InChI is InChI=1S/C14H18FN3O.ClH/c1-11-14(10-17-18(11)8-7-15)16-9-12-3-5-13(19-2)6-4-12;/h3-6,10,16H,7-9H2,1-2H3;1H. The Bertz CT molecular complexity index is 528. The summed E-state index contributed by atoms with van der Waals surface area (Å²) in [6.45, 7) is 2.53. The van der Waals surface area contributed by atoms with Crippen molar-refractivity contribution in [3.05, 3.63) is 41.7 Å². The largest absolute Gasteiger partial charge is 0.497 e. The van der Waals surface area contributed by atoms with Gasteiger partial charge in [-0.2, -0.15) is 5.10 Å². The second-order valence-corrected chi connectivity index (χ2v) is 4.26. The molecule has 1 aromatic carbocycles. The summed E-state index contributed by atoms with van der Waals surface area (Å²) in [6, 6.07) is 7.87. The fourth-order valence-electron chi connectivity index (χ4n) is 1.87. The number of hydrogen-bond donors (Lipinski definition) is 1. The summed E-state index contributed by atoms with van der Waals surface area (Å²) in [6.07, 6.45) is 1.73. The zero-order chi connectivity index (χ0) is 13.7. The second-order valence-electron chi connectivity index (χ2n) is 4.26. The molecule has 0 atom stereocenters. The third-order valence-electron chi connectivity index (χ3n) is 3.04. The first kappa shape index (κ1) is 16.3. The molecular formula is C14H19ClFN3O. The lowest BCUT2D eigenvalue weighted by molar-refractivity contribution is 0.414. The Hall–Kier alpha value is -1.75. The summed E-state index contributed by atoms with van der Waals surface area (Å²) >= 11 is 0. The molecule has 0 saturated heterocycles. The number of halogens is 2. The Morgan fingerprint density at radius 3 is 2.60 bits per heavy atom. The fraction of sp³-hybridized carbons (Fsp3) is 0.357. The molecule has 4 nitrogen and oxygen atoms in total. The number of anilines is 1. The van der Waals surface area contributed by atoms with Gasteiger partial charge in [-0.15, -0.1) is 12.4 Å². The molecule has 20 heavy (non-hydrogen) atoms. The molecule has 1 aromatic heterocycles. The van der Waals surface area contributed by atoms with Gasteiger partial charge in [0.2, 0.25) is 0 Å². The van der Waals surface area contributed by atoms with Gasteiger partial charge in [0.15, 0.2) is 0 Å². The molecular weight excluding hydrogens is 281 g/mol. The first-order chi connectivity index (χ1) is 9.24. The van der Waals surface area contributed by atoms with Gasteiger partial charge in [0.05, 0.1) is 31.2 Å². The average Bonchev–Trinajstić information content (AvgIpc) is 2.79. The quantitative estimate of drug-likeness (QED) is 0.890. The maximum atomic E-state index is 12.3. The minimum absolute atomic E-state index is 0. The Labute approximate surface area is 124 Å². The molecule has 6 heteroatoms. The minimum Gasteiger partial charge on any atom is -0.497 e. The first-order valence-electron chi connectivity index (χ1n) is 6.19. The van der Waals surface area contributed by atoms with Crippen molar-refractivity contribution in [2.45, 2.75) is 20.0 Å². The number of nitrogens with zero attached hydrogens (tertiary/aromatic N) is 2. The highest BCUT2D eigenvalue weighted by Gasteiger charge is 2.05. The molecule has 0 saturated carbocycles. The summed E-state index contributed by atoms with van der Waals surface area (Å²) in [7, 11) is 1.65. The van der Waals surface area contributed by atoms with Crippen LogP contribution < -0.4 is 10.1 Å². The van der Waals surface area contributed by atoms with Crippen molar-refractivity contribution in [1.82, 2.24) is 9.78 Å². The number of rotatable bonds is 6. The van der Waals surface area contributed by atoms with Crippen molar-refractivity contribution >= 4 is 18.1 Å². The monoisotopic (exact) mass is 299 g/mol. The predicted octanol–water partition coefficient (Wildman–Crippen LogP) is 3.20. The average molecular weight is 300 g/mol. The summed E-state index contributed by atoms with van der Waals surface area (Å²) in [5, 5.41) is 7.44. The summed E-state index contributed by atoms with van der Waals surface area (Å²) in [4.78, 5) is 0. The molecule has 1 N–H and O–H groups in total. The molecule has 0 radical (unpaired) electrons. The van der Waals surface area contributed by atoms with Crippen molar-refractivity contribution in [3.8, 4) is 5.75 Å². The number of aromatic nitrogens is 2. The summed E-state index contributed by atoms with van der Waals surface area (Å²) in [5.41, 5.74) is 3.04. The smallest absolute Gasteiger partial charge is 0.118 e. The SMILES string of the molecule is COc1ccc(CNc2cnn(CCF)c2C)cc1.Cl. The van der Waals surface area contributed by atoms with E-state index in [1.165, 1.54) is 0 Å². The maximum Gasteiger partial charge on any atom is 0.118 e. The topological polar surface area (TPSA) is 39.1 Å². The van der Waals surface area contributed by atoms with E-state index in [2.05, 4.69) is 10.4 Å². The van der Waals surface area contributed by atoms with E-state index in [0.717, 1.165) is 22.7 Å². The van der Waals surface area contributed by atoms with Gasteiger partial charge in [-0.1, -0.05) is 12.1 Å². The van der Waals surface area contributed by atoms with Gasteiger partial charge in [-0.05, 0) is 24.6 Å². The lowest BCUT2D eigenvalue weighted by Gasteiger charge is -2.07. The fourth-order valence-corrected chi connectivity index (χ4v) is 1.87. The summed E-state index contributed by atoms with van der Waals surface area (Å²) in [5.74, 6) is 0.843. The molecule has 0 unspecified atom stereocenters. The van der Waals surface area contributed by atoms with Crippen molar-refractivity contribution < 1.29 is 9.13 Å². The van der Waals surface area contributed by atoms with Crippen LogP contribution in [0.3, 0.4) is 0 Å². The molecule has 0 fully saturated rings. The van der Waals surface area contributed by atoms with E-state index < -0.39 is 6.67 Å². The van der Waals surface area contributed by atoms with Gasteiger partial charge in [-0.3, -0.25) is 4.68 Å². The number of benzene rings is 1. The lowest BCUT2D eigenvalue weighted by atomic mass is 10.2.